The number of hydrogen-bond donors (Lipinski definition) is 2. The third kappa shape index (κ3) is 6.50. The van der Waals surface area contributed by atoms with E-state index in [0.717, 1.165) is 83.7 Å². The highest BCUT2D eigenvalue weighted by Crippen LogP contribution is 2.68. The van der Waals surface area contributed by atoms with Gasteiger partial charge in [0.1, 0.15) is 0 Å². The average molecular weight is 707 g/mol. The van der Waals surface area contributed by atoms with Crippen LogP contribution in [0.25, 0.3) is 0 Å². The third-order valence-electron chi connectivity index (χ3n) is 15.7. The molecule has 3 heterocycles. The fourth-order valence-electron chi connectivity index (χ4n) is 12.5. The van der Waals surface area contributed by atoms with Crippen molar-refractivity contribution in [3.63, 3.8) is 0 Å². The lowest BCUT2D eigenvalue weighted by Gasteiger charge is -2.58. The van der Waals surface area contributed by atoms with Crippen LogP contribution < -0.4 is 10.6 Å². The Bertz CT molecular complexity index is 1390. The number of ether oxygens (including phenoxy) is 2. The Hall–Kier alpha value is -2.33. The summed E-state index contributed by atoms with van der Waals surface area (Å²) in [7, 11) is 0. The van der Waals surface area contributed by atoms with Gasteiger partial charge >= 0.3 is 6.03 Å². The van der Waals surface area contributed by atoms with Crippen molar-refractivity contribution in [3.05, 3.63) is 11.9 Å². The van der Waals surface area contributed by atoms with Gasteiger partial charge in [-0.15, -0.1) is 5.11 Å². The van der Waals surface area contributed by atoms with Gasteiger partial charge in [0, 0.05) is 43.7 Å². The second-order valence-corrected chi connectivity index (χ2v) is 18.2. The molecule has 7 rings (SSSR count). The van der Waals surface area contributed by atoms with E-state index in [4.69, 9.17) is 19.7 Å². The van der Waals surface area contributed by atoms with Crippen molar-refractivity contribution < 1.29 is 19.1 Å². The largest absolute Gasteiger partial charge is 0.349 e. The molecule has 4 saturated carbocycles. The van der Waals surface area contributed by atoms with Crippen LogP contribution in [0.3, 0.4) is 0 Å². The number of rotatable bonds is 4. The van der Waals surface area contributed by atoms with Crippen molar-refractivity contribution in [3.8, 4) is 0 Å². The quantitative estimate of drug-likeness (QED) is 0.227. The molecule has 284 valence electrons. The van der Waals surface area contributed by atoms with Crippen LogP contribution in [0.5, 0.6) is 0 Å². The predicted octanol–water partition coefficient (Wildman–Crippen LogP) is 8.17. The van der Waals surface area contributed by atoms with E-state index in [1.54, 1.807) is 6.21 Å². The highest BCUT2D eigenvalue weighted by molar-refractivity contribution is 5.93. The Balaban J connectivity index is 1.16. The molecule has 51 heavy (non-hydrogen) atoms. The number of nitrogens with zero attached hydrogens (tertiary/aromatic N) is 4. The van der Waals surface area contributed by atoms with Crippen LogP contribution >= 0.6 is 0 Å². The number of nitrogens with one attached hydrogen (secondary N) is 2. The van der Waals surface area contributed by atoms with E-state index in [1.807, 2.05) is 11.8 Å². The number of carbonyl (C=O) groups excluding carboxylic acids is 2. The van der Waals surface area contributed by atoms with Crippen LogP contribution in [0.15, 0.2) is 27.1 Å². The van der Waals surface area contributed by atoms with Crippen LogP contribution in [0.2, 0.25) is 0 Å². The van der Waals surface area contributed by atoms with Crippen LogP contribution in [-0.2, 0) is 14.3 Å². The molecule has 4 aliphatic carbocycles. The summed E-state index contributed by atoms with van der Waals surface area (Å²) in [5, 5.41) is 16.6. The standard InChI is InChI=1S/C41H66N6O4/c1-7-40-24-31(44-37(49)47(32-12-10-9-11-13-32)21-20-43-36(48)33(45-46-40)25-42-8-2)16-18-39(40,6)29-15-17-38(5)30(22-29)23-34-35(38)28(4)41(51-34)19-14-27(3)26-50-41/h8,25,27-32,34-35H,7,9-24,26H2,1-6H3,(H,43,48)(H,44,49)/b33-25-,42-8?,46-45?/t27-,28-,29-,30+,31+,34-,35-,38-,39+,40-,41+/m0/s1. The summed E-state index contributed by atoms with van der Waals surface area (Å²) in [6, 6.07) is 0.216. The number of hydrogen-bond acceptors (Lipinski definition) is 7. The second-order valence-electron chi connectivity index (χ2n) is 18.2. The van der Waals surface area contributed by atoms with Gasteiger partial charge < -0.3 is 25.0 Å². The fraction of sp³-hybridized carbons (Fsp3) is 0.878. The Morgan fingerprint density at radius 2 is 1.80 bits per heavy atom. The van der Waals surface area contributed by atoms with E-state index in [0.29, 0.717) is 42.7 Å². The highest BCUT2D eigenvalue weighted by Gasteiger charge is 2.67. The van der Waals surface area contributed by atoms with Crippen molar-refractivity contribution in [2.45, 2.75) is 167 Å². The number of aliphatic imine (C=N–C) groups is 1. The first-order valence-electron chi connectivity index (χ1n) is 20.8. The molecular weight excluding hydrogens is 640 g/mol. The molecule has 2 bridgehead atoms. The zero-order valence-electron chi connectivity index (χ0n) is 32.4. The molecule has 7 aliphatic rings. The van der Waals surface area contributed by atoms with Crippen molar-refractivity contribution in [1.82, 2.24) is 15.5 Å². The number of carbonyl (C=O) groups is 2. The molecular formula is C41H66N6O4. The minimum atomic E-state index is -0.532. The SMILES string of the molecule is CC=N/C=C1\N=N[C@@]2(CC)C[C@@H](CC[C@]2(C)[C@H]2CC[C@@]3(C)[C@H](C2)C[C@@H]2O[C@]4(CC[C@H](C)CO4)[C@@H](C)[C@@H]23)NC(=O)N(C2CCCCC2)CCNC1=O. The van der Waals surface area contributed by atoms with Crippen molar-refractivity contribution in [1.29, 1.82) is 0 Å². The highest BCUT2D eigenvalue weighted by atomic mass is 16.7. The molecule has 2 N–H and O–H groups in total. The third-order valence-corrected chi connectivity index (χ3v) is 15.7. The summed E-state index contributed by atoms with van der Waals surface area (Å²) in [4.78, 5) is 34.0. The Morgan fingerprint density at radius 3 is 2.53 bits per heavy atom. The molecule has 10 heteroatoms. The number of azo groups is 1. The lowest BCUT2D eigenvalue weighted by molar-refractivity contribution is -0.272. The number of urea groups is 1. The molecule has 11 atom stereocenters. The summed E-state index contributed by atoms with van der Waals surface area (Å²) in [5.41, 5.74) is -0.207. The molecule has 3 aliphatic heterocycles. The molecule has 3 amide bonds. The van der Waals surface area contributed by atoms with E-state index < -0.39 is 11.3 Å². The zero-order chi connectivity index (χ0) is 36.0. The van der Waals surface area contributed by atoms with Gasteiger partial charge in [-0.3, -0.25) is 9.79 Å². The van der Waals surface area contributed by atoms with Gasteiger partial charge in [-0.1, -0.05) is 53.9 Å². The van der Waals surface area contributed by atoms with Crippen molar-refractivity contribution in [2.75, 3.05) is 19.7 Å². The Morgan fingerprint density at radius 1 is 1.00 bits per heavy atom. The van der Waals surface area contributed by atoms with Gasteiger partial charge in [-0.05, 0) is 112 Å². The summed E-state index contributed by atoms with van der Waals surface area (Å²) >= 11 is 0. The van der Waals surface area contributed by atoms with E-state index in [9.17, 15) is 9.59 Å². The minimum absolute atomic E-state index is 0.00409. The maximum absolute atomic E-state index is 14.1. The van der Waals surface area contributed by atoms with Gasteiger partial charge in [0.25, 0.3) is 5.91 Å². The first-order valence-corrected chi connectivity index (χ1v) is 20.8. The summed E-state index contributed by atoms with van der Waals surface area (Å²) in [6.07, 6.45) is 19.2. The molecule has 1 spiro atoms. The van der Waals surface area contributed by atoms with E-state index in [-0.39, 0.29) is 46.7 Å². The van der Waals surface area contributed by atoms with Crippen molar-refractivity contribution in [2.24, 2.45) is 55.6 Å². The second kappa shape index (κ2) is 14.5. The maximum atomic E-state index is 14.1. The summed E-state index contributed by atoms with van der Waals surface area (Å²) in [5.74, 6) is 1.90. The molecule has 2 saturated heterocycles. The first kappa shape index (κ1) is 37.0. The topological polar surface area (TPSA) is 117 Å². The van der Waals surface area contributed by atoms with Crippen molar-refractivity contribution >= 4 is 18.2 Å². The van der Waals surface area contributed by atoms with Gasteiger partial charge in [0.2, 0.25) is 0 Å². The van der Waals surface area contributed by atoms with E-state index in [1.165, 1.54) is 25.5 Å². The minimum Gasteiger partial charge on any atom is -0.349 e. The molecule has 0 aromatic rings. The fourth-order valence-corrected chi connectivity index (χ4v) is 12.5. The summed E-state index contributed by atoms with van der Waals surface area (Å²) < 4.78 is 13.5. The molecule has 10 nitrogen and oxygen atoms in total. The lowest BCUT2D eigenvalue weighted by atomic mass is 9.49. The molecule has 0 radical (unpaired) electrons. The predicted molar refractivity (Wildman–Crippen MR) is 199 cm³/mol. The van der Waals surface area contributed by atoms with Crippen LogP contribution in [0.1, 0.15) is 138 Å². The molecule has 0 unspecified atom stereocenters. The van der Waals surface area contributed by atoms with Gasteiger partial charge in [0.05, 0.1) is 24.4 Å². The smallest absolute Gasteiger partial charge is 0.317 e. The monoisotopic (exact) mass is 707 g/mol. The number of fused-ring (bicyclic) bond motifs is 5. The van der Waals surface area contributed by atoms with Crippen LogP contribution in [-0.4, -0.2) is 72.3 Å². The first-order chi connectivity index (χ1) is 24.5. The van der Waals surface area contributed by atoms with E-state index in [2.05, 4.69) is 50.2 Å². The Kier molecular flexibility index (Phi) is 10.5. The van der Waals surface area contributed by atoms with Gasteiger partial charge in [0.15, 0.2) is 11.5 Å². The van der Waals surface area contributed by atoms with Crippen LogP contribution in [0, 0.1) is 40.4 Å². The normalized spacial score (nSPS) is 46.3. The van der Waals surface area contributed by atoms with Gasteiger partial charge in [-0.2, -0.15) is 5.11 Å². The molecule has 6 fully saturated rings. The molecule has 0 aromatic carbocycles. The van der Waals surface area contributed by atoms with E-state index >= 15 is 0 Å². The maximum Gasteiger partial charge on any atom is 0.317 e. The Labute approximate surface area is 306 Å². The number of amides is 3. The average Bonchev–Trinajstić information content (AvgIpc) is 3.57. The molecule has 0 aromatic heterocycles. The summed E-state index contributed by atoms with van der Waals surface area (Å²) in [6.45, 7) is 15.4. The van der Waals surface area contributed by atoms with Gasteiger partial charge in [-0.25, -0.2) is 4.79 Å². The lowest BCUT2D eigenvalue weighted by Crippen LogP contribution is -2.60. The zero-order valence-corrected chi connectivity index (χ0v) is 32.4. The van der Waals surface area contributed by atoms with Crippen LogP contribution in [0.4, 0.5) is 4.79 Å².